The molecule has 118 valence electrons. The number of aliphatic hydroxyl groups is 1. The zero-order valence-corrected chi connectivity index (χ0v) is 13.8. The maximum Gasteiger partial charge on any atom is 0.265 e. The van der Waals surface area contributed by atoms with Crippen molar-refractivity contribution in [2.45, 2.75) is 25.9 Å². The lowest BCUT2D eigenvalue weighted by Gasteiger charge is -2.29. The Morgan fingerprint density at radius 1 is 1.26 bits per heavy atom. The summed E-state index contributed by atoms with van der Waals surface area (Å²) < 4.78 is 0. The first-order valence-corrected chi connectivity index (χ1v) is 8.45. The molecule has 1 aliphatic heterocycles. The quantitative estimate of drug-likeness (QED) is 0.819. The van der Waals surface area contributed by atoms with Gasteiger partial charge in [0, 0.05) is 18.7 Å². The van der Waals surface area contributed by atoms with Crippen LogP contribution < -0.4 is 0 Å². The van der Waals surface area contributed by atoms with Gasteiger partial charge in [0.25, 0.3) is 5.91 Å². The van der Waals surface area contributed by atoms with Gasteiger partial charge in [0.05, 0.1) is 12.3 Å². The summed E-state index contributed by atoms with van der Waals surface area (Å²) in [6.07, 6.45) is 2.60. The van der Waals surface area contributed by atoms with Gasteiger partial charge in [0.2, 0.25) is 0 Å². The normalized spacial score (nSPS) is 15.1. The van der Waals surface area contributed by atoms with E-state index in [1.807, 2.05) is 31.2 Å². The highest BCUT2D eigenvalue weighted by Crippen LogP contribution is 2.18. The Morgan fingerprint density at radius 2 is 1.96 bits per heavy atom. The SMILES string of the molecule is Cc1ccc(C#Cc2ncc(C(=O)N3CCC(O)CC3)s2)cc1. The smallest absolute Gasteiger partial charge is 0.265 e. The summed E-state index contributed by atoms with van der Waals surface area (Å²) in [7, 11) is 0. The third kappa shape index (κ3) is 3.98. The molecule has 23 heavy (non-hydrogen) atoms. The molecule has 1 fully saturated rings. The summed E-state index contributed by atoms with van der Waals surface area (Å²) in [5.74, 6) is 6.06. The fourth-order valence-corrected chi connectivity index (χ4v) is 3.16. The molecule has 0 saturated carbocycles. The Kier molecular flexibility index (Phi) is 4.75. The van der Waals surface area contributed by atoms with Gasteiger partial charge in [0.15, 0.2) is 5.01 Å². The lowest BCUT2D eigenvalue weighted by Crippen LogP contribution is -2.39. The summed E-state index contributed by atoms with van der Waals surface area (Å²) in [6.45, 7) is 3.24. The number of hydrogen-bond donors (Lipinski definition) is 1. The van der Waals surface area contributed by atoms with E-state index in [1.54, 1.807) is 11.1 Å². The fourth-order valence-electron chi connectivity index (χ4n) is 2.42. The maximum absolute atomic E-state index is 12.4. The molecule has 0 atom stereocenters. The van der Waals surface area contributed by atoms with Crippen LogP contribution in [0.4, 0.5) is 0 Å². The summed E-state index contributed by atoms with van der Waals surface area (Å²) in [4.78, 5) is 19.0. The second-order valence-corrected chi connectivity index (χ2v) is 6.70. The Balaban J connectivity index is 1.68. The monoisotopic (exact) mass is 326 g/mol. The van der Waals surface area contributed by atoms with Crippen molar-refractivity contribution >= 4 is 17.2 Å². The highest BCUT2D eigenvalue weighted by Gasteiger charge is 2.23. The molecule has 1 aromatic heterocycles. The van der Waals surface area contributed by atoms with Gasteiger partial charge in [-0.15, -0.1) is 11.3 Å². The van der Waals surface area contributed by atoms with Crippen molar-refractivity contribution in [2.24, 2.45) is 0 Å². The van der Waals surface area contributed by atoms with Crippen molar-refractivity contribution in [2.75, 3.05) is 13.1 Å². The van der Waals surface area contributed by atoms with Gasteiger partial charge in [-0.1, -0.05) is 23.6 Å². The van der Waals surface area contributed by atoms with Gasteiger partial charge in [-0.2, -0.15) is 0 Å². The lowest BCUT2D eigenvalue weighted by atomic mass is 10.1. The van der Waals surface area contributed by atoms with Crippen LogP contribution in [0.2, 0.25) is 0 Å². The van der Waals surface area contributed by atoms with Gasteiger partial charge >= 0.3 is 0 Å². The average Bonchev–Trinajstić information content (AvgIpc) is 3.03. The number of carbonyl (C=O) groups excluding carboxylic acids is 1. The molecule has 1 saturated heterocycles. The largest absolute Gasteiger partial charge is 0.393 e. The van der Waals surface area contributed by atoms with Crippen LogP contribution in [0.25, 0.3) is 0 Å². The number of carbonyl (C=O) groups is 1. The molecule has 0 aliphatic carbocycles. The van der Waals surface area contributed by atoms with E-state index in [0.29, 0.717) is 35.8 Å². The molecule has 5 heteroatoms. The highest BCUT2D eigenvalue weighted by atomic mass is 32.1. The number of aryl methyl sites for hydroxylation is 1. The van der Waals surface area contributed by atoms with Crippen molar-refractivity contribution in [1.82, 2.24) is 9.88 Å². The molecule has 3 rings (SSSR count). The molecule has 0 bridgehead atoms. The van der Waals surface area contributed by atoms with Crippen molar-refractivity contribution in [3.63, 3.8) is 0 Å². The Labute approximate surface area is 139 Å². The highest BCUT2D eigenvalue weighted by molar-refractivity contribution is 7.14. The average molecular weight is 326 g/mol. The standard InChI is InChI=1S/C18H18N2O2S/c1-13-2-4-14(5-3-13)6-7-17-19-12-16(23-17)18(22)20-10-8-15(21)9-11-20/h2-5,12,15,21H,8-11H2,1H3. The van der Waals surface area contributed by atoms with Crippen LogP contribution in [-0.4, -0.2) is 40.1 Å². The van der Waals surface area contributed by atoms with E-state index in [4.69, 9.17) is 0 Å². The van der Waals surface area contributed by atoms with Crippen LogP contribution in [0, 0.1) is 18.8 Å². The van der Waals surface area contributed by atoms with Crippen LogP contribution in [0.1, 0.15) is 38.6 Å². The van der Waals surface area contributed by atoms with Crippen LogP contribution in [0.3, 0.4) is 0 Å². The number of amides is 1. The molecule has 0 spiro atoms. The van der Waals surface area contributed by atoms with Gasteiger partial charge in [-0.3, -0.25) is 4.79 Å². The first-order chi connectivity index (χ1) is 11.1. The molecule has 1 N–H and O–H groups in total. The first-order valence-electron chi connectivity index (χ1n) is 7.63. The van der Waals surface area contributed by atoms with Gasteiger partial charge < -0.3 is 10.0 Å². The van der Waals surface area contributed by atoms with E-state index >= 15 is 0 Å². The zero-order chi connectivity index (χ0) is 16.2. The van der Waals surface area contributed by atoms with Gasteiger partial charge in [-0.05, 0) is 37.8 Å². The molecule has 1 aromatic carbocycles. The summed E-state index contributed by atoms with van der Waals surface area (Å²) in [5, 5.41) is 10.2. The minimum atomic E-state index is -0.281. The molecule has 2 aromatic rings. The van der Waals surface area contributed by atoms with Crippen molar-refractivity contribution in [1.29, 1.82) is 0 Å². The fraction of sp³-hybridized carbons (Fsp3) is 0.333. The van der Waals surface area contributed by atoms with Crippen LogP contribution >= 0.6 is 11.3 Å². The van der Waals surface area contributed by atoms with Crippen molar-refractivity contribution in [3.05, 3.63) is 51.5 Å². The maximum atomic E-state index is 12.4. The number of benzene rings is 1. The van der Waals surface area contributed by atoms with E-state index < -0.39 is 0 Å². The number of aromatic nitrogens is 1. The number of rotatable bonds is 1. The molecule has 4 nitrogen and oxygen atoms in total. The van der Waals surface area contributed by atoms with Gasteiger partial charge in [0.1, 0.15) is 4.88 Å². The summed E-state index contributed by atoms with van der Waals surface area (Å²) in [5.41, 5.74) is 2.13. The number of hydrogen-bond acceptors (Lipinski definition) is 4. The van der Waals surface area contributed by atoms with Crippen molar-refractivity contribution in [3.8, 4) is 11.8 Å². The number of nitrogens with zero attached hydrogens (tertiary/aromatic N) is 2. The first kappa shape index (κ1) is 15.7. The molecule has 2 heterocycles. The van der Waals surface area contributed by atoms with Crippen LogP contribution in [-0.2, 0) is 0 Å². The molecule has 1 amide bonds. The molecule has 0 unspecified atom stereocenters. The minimum absolute atomic E-state index is 0.0159. The van der Waals surface area contributed by atoms with E-state index in [-0.39, 0.29) is 12.0 Å². The number of aliphatic hydroxyl groups excluding tert-OH is 1. The third-order valence-electron chi connectivity index (χ3n) is 3.83. The minimum Gasteiger partial charge on any atom is -0.393 e. The Morgan fingerprint density at radius 3 is 2.65 bits per heavy atom. The molecule has 0 radical (unpaired) electrons. The summed E-state index contributed by atoms with van der Waals surface area (Å²) in [6, 6.07) is 7.99. The topological polar surface area (TPSA) is 53.4 Å². The Bertz CT molecular complexity index is 747. The molecular weight excluding hydrogens is 308 g/mol. The predicted molar refractivity (Wildman–Crippen MR) is 90.4 cm³/mol. The molecular formula is C18H18N2O2S. The Hall–Kier alpha value is -2.16. The van der Waals surface area contributed by atoms with E-state index in [9.17, 15) is 9.90 Å². The van der Waals surface area contributed by atoms with E-state index in [0.717, 1.165) is 5.56 Å². The lowest BCUT2D eigenvalue weighted by molar-refractivity contribution is 0.0550. The number of thiazole rings is 1. The zero-order valence-electron chi connectivity index (χ0n) is 13.0. The molecule has 1 aliphatic rings. The van der Waals surface area contributed by atoms with E-state index in [2.05, 4.69) is 16.8 Å². The third-order valence-corrected chi connectivity index (χ3v) is 4.73. The number of likely N-dealkylation sites (tertiary alicyclic amines) is 1. The van der Waals surface area contributed by atoms with Gasteiger partial charge in [-0.25, -0.2) is 4.98 Å². The van der Waals surface area contributed by atoms with Crippen molar-refractivity contribution < 1.29 is 9.90 Å². The summed E-state index contributed by atoms with van der Waals surface area (Å²) >= 11 is 1.32. The predicted octanol–water partition coefficient (Wildman–Crippen LogP) is 2.45. The second kappa shape index (κ2) is 6.95. The number of piperidine rings is 1. The second-order valence-electron chi connectivity index (χ2n) is 5.67. The van der Waals surface area contributed by atoms with E-state index in [1.165, 1.54) is 16.9 Å². The van der Waals surface area contributed by atoms with Crippen LogP contribution in [0.5, 0.6) is 0 Å². The van der Waals surface area contributed by atoms with Crippen LogP contribution in [0.15, 0.2) is 30.5 Å².